The van der Waals surface area contributed by atoms with Gasteiger partial charge in [-0.05, 0) is 36.8 Å². The predicted octanol–water partition coefficient (Wildman–Crippen LogP) is 2.62. The van der Waals surface area contributed by atoms with Crippen molar-refractivity contribution >= 4 is 0 Å². The van der Waals surface area contributed by atoms with Gasteiger partial charge in [0.1, 0.15) is 0 Å². The molecule has 0 heterocycles. The van der Waals surface area contributed by atoms with Crippen molar-refractivity contribution in [1.82, 2.24) is 0 Å². The number of hydrogen-bond acceptors (Lipinski definition) is 1. The lowest BCUT2D eigenvalue weighted by Crippen LogP contribution is -2.33. The summed E-state index contributed by atoms with van der Waals surface area (Å²) in [6, 6.07) is 8.34. The van der Waals surface area contributed by atoms with E-state index in [9.17, 15) is 5.11 Å². The second kappa shape index (κ2) is 3.15. The van der Waals surface area contributed by atoms with Gasteiger partial charge in [0.2, 0.25) is 0 Å². The molecule has 0 aliphatic heterocycles. The zero-order valence-electron chi connectivity index (χ0n) is 8.09. The Bertz CT molecular complexity index is 300. The molecule has 13 heavy (non-hydrogen) atoms. The predicted molar refractivity (Wildman–Crippen MR) is 53.6 cm³/mol. The van der Waals surface area contributed by atoms with E-state index in [2.05, 4.69) is 19.1 Å². The third-order valence-electron chi connectivity index (χ3n) is 3.05. The molecule has 1 fully saturated rings. The topological polar surface area (TPSA) is 20.2 Å². The van der Waals surface area contributed by atoms with E-state index < -0.39 is 5.60 Å². The maximum atomic E-state index is 10.1. The van der Waals surface area contributed by atoms with Crippen LogP contribution in [0, 0.1) is 0 Å². The lowest BCUT2D eigenvalue weighted by Gasteiger charge is -2.37. The molecule has 0 unspecified atom stereocenters. The lowest BCUT2D eigenvalue weighted by molar-refractivity contribution is -0.0388. The van der Waals surface area contributed by atoms with Crippen LogP contribution in [0.4, 0.5) is 0 Å². The third-order valence-corrected chi connectivity index (χ3v) is 3.05. The second-order valence-corrected chi connectivity index (χ2v) is 3.94. The van der Waals surface area contributed by atoms with Gasteiger partial charge in [0.05, 0.1) is 5.60 Å². The van der Waals surface area contributed by atoms with Crippen LogP contribution in [0.3, 0.4) is 0 Å². The van der Waals surface area contributed by atoms with Gasteiger partial charge in [0.25, 0.3) is 0 Å². The molecule has 1 nitrogen and oxygen atoms in total. The molecule has 0 radical (unpaired) electrons. The first-order chi connectivity index (χ1) is 6.24. The molecule has 1 saturated carbocycles. The van der Waals surface area contributed by atoms with Crippen molar-refractivity contribution in [1.29, 1.82) is 0 Å². The van der Waals surface area contributed by atoms with E-state index in [-0.39, 0.29) is 0 Å². The van der Waals surface area contributed by atoms with Gasteiger partial charge in [-0.25, -0.2) is 0 Å². The number of hydrogen-bond donors (Lipinski definition) is 1. The molecule has 1 aliphatic rings. The van der Waals surface area contributed by atoms with Crippen molar-refractivity contribution in [3.05, 3.63) is 35.4 Å². The van der Waals surface area contributed by atoms with E-state index >= 15 is 0 Å². The maximum Gasteiger partial charge on any atom is 0.0896 e. The quantitative estimate of drug-likeness (QED) is 0.734. The SMILES string of the molecule is CCc1cccc(C2(O)CCC2)c1. The van der Waals surface area contributed by atoms with E-state index in [0.29, 0.717) is 0 Å². The summed E-state index contributed by atoms with van der Waals surface area (Å²) in [6.45, 7) is 2.14. The van der Waals surface area contributed by atoms with Crippen LogP contribution in [0.25, 0.3) is 0 Å². The van der Waals surface area contributed by atoms with E-state index in [1.165, 1.54) is 5.56 Å². The Labute approximate surface area is 79.4 Å². The fourth-order valence-corrected chi connectivity index (χ4v) is 1.88. The molecule has 0 aromatic heterocycles. The molecule has 0 spiro atoms. The molecular formula is C12H16O. The average Bonchev–Trinajstić information content (AvgIpc) is 2.14. The lowest BCUT2D eigenvalue weighted by atomic mass is 9.75. The largest absolute Gasteiger partial charge is 0.385 e. The second-order valence-electron chi connectivity index (χ2n) is 3.94. The standard InChI is InChI=1S/C12H16O/c1-2-10-5-3-6-11(9-10)12(13)7-4-8-12/h3,5-6,9,13H,2,4,7-8H2,1H3. The van der Waals surface area contributed by atoms with Gasteiger partial charge in [-0.1, -0.05) is 31.2 Å². The van der Waals surface area contributed by atoms with Crippen molar-refractivity contribution in [2.24, 2.45) is 0 Å². The Balaban J connectivity index is 2.29. The van der Waals surface area contributed by atoms with E-state index in [0.717, 1.165) is 31.2 Å². The maximum absolute atomic E-state index is 10.1. The molecule has 1 N–H and O–H groups in total. The van der Waals surface area contributed by atoms with Gasteiger partial charge >= 0.3 is 0 Å². The number of rotatable bonds is 2. The van der Waals surface area contributed by atoms with Gasteiger partial charge in [-0.15, -0.1) is 0 Å². The van der Waals surface area contributed by atoms with Crippen LogP contribution in [-0.2, 0) is 12.0 Å². The van der Waals surface area contributed by atoms with E-state index in [1.807, 2.05) is 12.1 Å². The number of aliphatic hydroxyl groups is 1. The van der Waals surface area contributed by atoms with Gasteiger partial charge in [-0.2, -0.15) is 0 Å². The molecule has 0 saturated heterocycles. The van der Waals surface area contributed by atoms with Crippen LogP contribution in [-0.4, -0.2) is 5.11 Å². The Kier molecular flexibility index (Phi) is 2.12. The van der Waals surface area contributed by atoms with Crippen LogP contribution in [0.5, 0.6) is 0 Å². The smallest absolute Gasteiger partial charge is 0.0896 e. The number of benzene rings is 1. The fourth-order valence-electron chi connectivity index (χ4n) is 1.88. The van der Waals surface area contributed by atoms with Gasteiger partial charge in [-0.3, -0.25) is 0 Å². The molecular weight excluding hydrogens is 160 g/mol. The molecule has 1 aromatic carbocycles. The highest BCUT2D eigenvalue weighted by molar-refractivity contribution is 5.29. The summed E-state index contributed by atoms with van der Waals surface area (Å²) in [7, 11) is 0. The molecule has 0 amide bonds. The highest BCUT2D eigenvalue weighted by Gasteiger charge is 2.35. The van der Waals surface area contributed by atoms with E-state index in [4.69, 9.17) is 0 Å². The van der Waals surface area contributed by atoms with Crippen LogP contribution < -0.4 is 0 Å². The summed E-state index contributed by atoms with van der Waals surface area (Å²) in [5, 5.41) is 10.1. The van der Waals surface area contributed by atoms with Crippen molar-refractivity contribution in [2.75, 3.05) is 0 Å². The third kappa shape index (κ3) is 1.49. The minimum absolute atomic E-state index is 0.495. The minimum Gasteiger partial charge on any atom is -0.385 e. The summed E-state index contributed by atoms with van der Waals surface area (Å²) < 4.78 is 0. The first kappa shape index (κ1) is 8.76. The Morgan fingerprint density at radius 3 is 2.69 bits per heavy atom. The van der Waals surface area contributed by atoms with Gasteiger partial charge in [0, 0.05) is 0 Å². The van der Waals surface area contributed by atoms with Crippen LogP contribution in [0.1, 0.15) is 37.3 Å². The summed E-state index contributed by atoms with van der Waals surface area (Å²) >= 11 is 0. The molecule has 0 atom stereocenters. The molecule has 1 aliphatic carbocycles. The van der Waals surface area contributed by atoms with Gasteiger partial charge < -0.3 is 5.11 Å². The summed E-state index contributed by atoms with van der Waals surface area (Å²) in [5.74, 6) is 0. The summed E-state index contributed by atoms with van der Waals surface area (Å²) in [4.78, 5) is 0. The van der Waals surface area contributed by atoms with Crippen molar-refractivity contribution in [2.45, 2.75) is 38.2 Å². The number of aryl methyl sites for hydroxylation is 1. The van der Waals surface area contributed by atoms with Crippen LogP contribution in [0.2, 0.25) is 0 Å². The molecule has 70 valence electrons. The Morgan fingerprint density at radius 1 is 1.38 bits per heavy atom. The first-order valence-corrected chi connectivity index (χ1v) is 5.06. The molecule has 0 bridgehead atoms. The molecule has 1 heteroatoms. The zero-order valence-corrected chi connectivity index (χ0v) is 8.09. The molecule has 1 aromatic rings. The molecule has 2 rings (SSSR count). The normalized spacial score (nSPS) is 19.5. The van der Waals surface area contributed by atoms with Crippen molar-refractivity contribution in [3.8, 4) is 0 Å². The van der Waals surface area contributed by atoms with Gasteiger partial charge in [0.15, 0.2) is 0 Å². The minimum atomic E-state index is -0.495. The fraction of sp³-hybridized carbons (Fsp3) is 0.500. The Hall–Kier alpha value is -0.820. The summed E-state index contributed by atoms with van der Waals surface area (Å²) in [6.07, 6.45) is 4.07. The average molecular weight is 176 g/mol. The monoisotopic (exact) mass is 176 g/mol. The Morgan fingerprint density at radius 2 is 2.15 bits per heavy atom. The highest BCUT2D eigenvalue weighted by Crippen LogP contribution is 2.41. The highest BCUT2D eigenvalue weighted by atomic mass is 16.3. The van der Waals surface area contributed by atoms with Crippen LogP contribution in [0.15, 0.2) is 24.3 Å². The summed E-state index contributed by atoms with van der Waals surface area (Å²) in [5.41, 5.74) is 1.93. The van der Waals surface area contributed by atoms with E-state index in [1.54, 1.807) is 0 Å². The van der Waals surface area contributed by atoms with Crippen LogP contribution >= 0.6 is 0 Å². The van der Waals surface area contributed by atoms with Crippen molar-refractivity contribution < 1.29 is 5.11 Å². The van der Waals surface area contributed by atoms with Crippen molar-refractivity contribution in [3.63, 3.8) is 0 Å². The first-order valence-electron chi connectivity index (χ1n) is 5.06. The zero-order chi connectivity index (χ0) is 9.31.